The fourth-order valence-electron chi connectivity index (χ4n) is 4.43. The van der Waals surface area contributed by atoms with E-state index >= 15 is 0 Å². The van der Waals surface area contributed by atoms with Crippen LogP contribution in [0.2, 0.25) is 5.15 Å². The van der Waals surface area contributed by atoms with Crippen molar-refractivity contribution in [1.82, 2.24) is 20.1 Å². The van der Waals surface area contributed by atoms with E-state index in [1.54, 1.807) is 4.68 Å². The van der Waals surface area contributed by atoms with E-state index < -0.39 is 0 Å². The number of benzene rings is 3. The second-order valence-electron chi connectivity index (χ2n) is 8.36. The van der Waals surface area contributed by atoms with Gasteiger partial charge in [0.1, 0.15) is 5.15 Å². The number of rotatable bonds is 7. The number of aromatic nitrogens is 3. The lowest BCUT2D eigenvalue weighted by molar-refractivity contribution is 0.0952. The van der Waals surface area contributed by atoms with E-state index in [0.717, 1.165) is 27.6 Å². The van der Waals surface area contributed by atoms with E-state index in [0.29, 0.717) is 29.5 Å². The quantitative estimate of drug-likeness (QED) is 0.310. The number of nitrogens with one attached hydrogen (secondary N) is 2. The summed E-state index contributed by atoms with van der Waals surface area (Å²) in [6, 6.07) is 28.4. The molecule has 6 heteroatoms. The first-order valence-electron chi connectivity index (χ1n) is 11.3. The lowest BCUT2D eigenvalue weighted by Crippen LogP contribution is -2.29. The molecule has 34 heavy (non-hydrogen) atoms. The minimum Gasteiger partial charge on any atom is -0.361 e. The molecule has 0 aliphatic rings. The molecule has 0 aliphatic heterocycles. The second-order valence-corrected chi connectivity index (χ2v) is 8.72. The molecule has 0 fully saturated rings. The Morgan fingerprint density at radius 3 is 2.44 bits per heavy atom. The number of amides is 1. The smallest absolute Gasteiger partial charge is 0.256 e. The lowest BCUT2D eigenvalue weighted by Gasteiger charge is -2.18. The van der Waals surface area contributed by atoms with Crippen LogP contribution in [0.4, 0.5) is 0 Å². The maximum Gasteiger partial charge on any atom is 0.256 e. The van der Waals surface area contributed by atoms with Gasteiger partial charge in [-0.05, 0) is 29.7 Å². The molecule has 3 aromatic carbocycles. The first-order chi connectivity index (χ1) is 16.6. The third-order valence-electron chi connectivity index (χ3n) is 6.13. The highest BCUT2D eigenvalue weighted by atomic mass is 35.5. The molecule has 0 aliphatic carbocycles. The number of hydrogen-bond acceptors (Lipinski definition) is 2. The first-order valence-corrected chi connectivity index (χ1v) is 11.7. The average molecular weight is 469 g/mol. The number of H-pyrrole nitrogens is 1. The minimum atomic E-state index is -0.220. The van der Waals surface area contributed by atoms with Gasteiger partial charge in [-0.3, -0.25) is 4.79 Å². The summed E-state index contributed by atoms with van der Waals surface area (Å²) >= 11 is 6.62. The third-order valence-corrected chi connectivity index (χ3v) is 6.52. The molecule has 1 amide bonds. The van der Waals surface area contributed by atoms with Crippen LogP contribution in [-0.2, 0) is 6.54 Å². The normalized spacial score (nSPS) is 12.1. The molecule has 5 nitrogen and oxygen atoms in total. The average Bonchev–Trinajstić information content (AvgIpc) is 3.41. The Morgan fingerprint density at radius 2 is 1.68 bits per heavy atom. The number of hydrogen-bond donors (Lipinski definition) is 2. The van der Waals surface area contributed by atoms with Crippen LogP contribution >= 0.6 is 11.6 Å². The van der Waals surface area contributed by atoms with Crippen LogP contribution in [0, 0.1) is 6.92 Å². The fraction of sp³-hybridized carbons (Fsp3) is 0.143. The Bertz CT molecular complexity index is 1420. The monoisotopic (exact) mass is 468 g/mol. The van der Waals surface area contributed by atoms with Gasteiger partial charge in [-0.15, -0.1) is 0 Å². The number of carbonyl (C=O) groups is 1. The summed E-state index contributed by atoms with van der Waals surface area (Å²) in [6.45, 7) is 2.76. The van der Waals surface area contributed by atoms with Crippen LogP contribution in [0.15, 0.2) is 91.1 Å². The maximum absolute atomic E-state index is 13.3. The number of nitrogens with zero attached hydrogens (tertiary/aromatic N) is 2. The van der Waals surface area contributed by atoms with Gasteiger partial charge in [0.25, 0.3) is 5.91 Å². The zero-order valence-corrected chi connectivity index (χ0v) is 19.6. The predicted octanol–water partition coefficient (Wildman–Crippen LogP) is 5.94. The summed E-state index contributed by atoms with van der Waals surface area (Å²) in [5.41, 5.74) is 5.46. The van der Waals surface area contributed by atoms with Crippen LogP contribution < -0.4 is 5.32 Å². The Balaban J connectivity index is 1.40. The highest BCUT2D eigenvalue weighted by Crippen LogP contribution is 2.31. The molecule has 2 heterocycles. The molecule has 0 saturated heterocycles. The van der Waals surface area contributed by atoms with Crippen LogP contribution in [0.5, 0.6) is 0 Å². The topological polar surface area (TPSA) is 62.7 Å². The Kier molecular flexibility index (Phi) is 6.19. The summed E-state index contributed by atoms with van der Waals surface area (Å²) in [6.07, 6.45) is 2.03. The molecule has 5 rings (SSSR count). The van der Waals surface area contributed by atoms with Crippen LogP contribution in [0.1, 0.15) is 38.7 Å². The molecule has 1 unspecified atom stereocenters. The lowest BCUT2D eigenvalue weighted by atomic mass is 9.91. The zero-order valence-electron chi connectivity index (χ0n) is 18.8. The van der Waals surface area contributed by atoms with Crippen molar-refractivity contribution < 1.29 is 4.79 Å². The molecule has 170 valence electrons. The van der Waals surface area contributed by atoms with Crippen molar-refractivity contribution in [2.24, 2.45) is 0 Å². The number of aryl methyl sites for hydroxylation is 1. The number of fused-ring (bicyclic) bond motifs is 1. The summed E-state index contributed by atoms with van der Waals surface area (Å²) in [7, 11) is 0. The van der Waals surface area contributed by atoms with Crippen molar-refractivity contribution in [2.75, 3.05) is 6.54 Å². The van der Waals surface area contributed by atoms with E-state index in [1.807, 2.05) is 73.8 Å². The largest absolute Gasteiger partial charge is 0.361 e. The van der Waals surface area contributed by atoms with Gasteiger partial charge in [0, 0.05) is 29.6 Å². The van der Waals surface area contributed by atoms with Gasteiger partial charge in [0.15, 0.2) is 0 Å². The van der Waals surface area contributed by atoms with Gasteiger partial charge in [0.2, 0.25) is 0 Å². The highest BCUT2D eigenvalue weighted by Gasteiger charge is 2.23. The molecular formula is C28H25ClN4O. The molecular weight excluding hydrogens is 444 g/mol. The maximum atomic E-state index is 13.3. The van der Waals surface area contributed by atoms with Gasteiger partial charge < -0.3 is 10.3 Å². The fourth-order valence-corrected chi connectivity index (χ4v) is 4.75. The van der Waals surface area contributed by atoms with E-state index in [-0.39, 0.29) is 11.8 Å². The van der Waals surface area contributed by atoms with Crippen molar-refractivity contribution in [3.8, 4) is 0 Å². The van der Waals surface area contributed by atoms with Crippen LogP contribution in [0.25, 0.3) is 10.9 Å². The van der Waals surface area contributed by atoms with E-state index in [1.165, 1.54) is 0 Å². The van der Waals surface area contributed by atoms with Crippen molar-refractivity contribution in [2.45, 2.75) is 19.4 Å². The third kappa shape index (κ3) is 4.35. The molecule has 0 radical (unpaired) electrons. The SMILES string of the molecule is Cc1nn(Cc2ccccc2)c(Cl)c1C(=O)NCC(c1ccccc1)c1c[nH]c2ccccc12. The molecule has 0 bridgehead atoms. The van der Waals surface area contributed by atoms with Gasteiger partial charge in [-0.1, -0.05) is 90.5 Å². The second kappa shape index (κ2) is 9.57. The van der Waals surface area contributed by atoms with Gasteiger partial charge in [0.05, 0.1) is 17.8 Å². The molecule has 0 saturated carbocycles. The van der Waals surface area contributed by atoms with Crippen LogP contribution in [-0.4, -0.2) is 27.2 Å². The van der Waals surface area contributed by atoms with Crippen molar-refractivity contribution in [3.05, 3.63) is 124 Å². The number of para-hydroxylation sites is 1. The van der Waals surface area contributed by atoms with Gasteiger partial charge in [-0.25, -0.2) is 4.68 Å². The highest BCUT2D eigenvalue weighted by molar-refractivity contribution is 6.33. The van der Waals surface area contributed by atoms with Crippen molar-refractivity contribution in [1.29, 1.82) is 0 Å². The summed E-state index contributed by atoms with van der Waals surface area (Å²) < 4.78 is 1.68. The number of aromatic amines is 1. The van der Waals surface area contributed by atoms with Crippen molar-refractivity contribution in [3.63, 3.8) is 0 Å². The minimum absolute atomic E-state index is 0.0141. The Hall–Kier alpha value is -3.83. The van der Waals surface area contributed by atoms with E-state index in [4.69, 9.17) is 11.6 Å². The Morgan fingerprint density at radius 1 is 1.00 bits per heavy atom. The molecule has 1 atom stereocenters. The number of carbonyl (C=O) groups excluding carboxylic acids is 1. The zero-order chi connectivity index (χ0) is 23.5. The Labute approximate surface area is 203 Å². The molecule has 2 aromatic heterocycles. The van der Waals surface area contributed by atoms with Crippen LogP contribution in [0.3, 0.4) is 0 Å². The molecule has 5 aromatic rings. The molecule has 0 spiro atoms. The summed E-state index contributed by atoms with van der Waals surface area (Å²) in [5.74, 6) is -0.234. The standard InChI is InChI=1S/C28H25ClN4O/c1-19-26(27(29)33(32-19)18-20-10-4-2-5-11-20)28(34)31-16-23(21-12-6-3-7-13-21)24-17-30-25-15-9-8-14-22(24)25/h2-15,17,23,30H,16,18H2,1H3,(H,31,34). The van der Waals surface area contributed by atoms with E-state index in [9.17, 15) is 4.79 Å². The summed E-state index contributed by atoms with van der Waals surface area (Å²) in [5, 5.41) is 9.14. The summed E-state index contributed by atoms with van der Waals surface area (Å²) in [4.78, 5) is 16.6. The predicted molar refractivity (Wildman–Crippen MR) is 136 cm³/mol. The first kappa shape index (κ1) is 22.0. The molecule has 2 N–H and O–H groups in total. The van der Waals surface area contributed by atoms with Gasteiger partial charge in [-0.2, -0.15) is 5.10 Å². The number of halogens is 1. The van der Waals surface area contributed by atoms with Gasteiger partial charge >= 0.3 is 0 Å². The van der Waals surface area contributed by atoms with E-state index in [2.05, 4.69) is 39.7 Å². The van der Waals surface area contributed by atoms with Crippen molar-refractivity contribution >= 4 is 28.4 Å².